The van der Waals surface area contributed by atoms with Gasteiger partial charge in [-0.05, 0) is 34.9 Å². The Morgan fingerprint density at radius 1 is 1.50 bits per heavy atom. The van der Waals surface area contributed by atoms with Crippen molar-refractivity contribution in [2.45, 2.75) is 26.7 Å². The lowest BCUT2D eigenvalue weighted by molar-refractivity contribution is -0.136. The minimum absolute atomic E-state index is 0.107. The zero-order valence-corrected chi connectivity index (χ0v) is 13.0. The molecule has 5 nitrogen and oxygen atoms in total. The lowest BCUT2D eigenvalue weighted by Gasteiger charge is -2.19. The molecule has 0 aliphatic carbocycles. The largest absolute Gasteiger partial charge is 0.481 e. The maximum absolute atomic E-state index is 10.6. The summed E-state index contributed by atoms with van der Waals surface area (Å²) in [6.07, 6.45) is 2.56. The molecule has 1 heterocycles. The van der Waals surface area contributed by atoms with Crippen molar-refractivity contribution in [2.24, 2.45) is 5.92 Å². The van der Waals surface area contributed by atoms with Crippen molar-refractivity contribution in [3.05, 3.63) is 15.6 Å². The molecule has 0 fully saturated rings. The van der Waals surface area contributed by atoms with Gasteiger partial charge in [0.2, 0.25) is 0 Å². The molecule has 1 rings (SSSR count). The third-order valence-electron chi connectivity index (χ3n) is 2.47. The third-order valence-corrected chi connectivity index (χ3v) is 3.57. The predicted octanol–water partition coefficient (Wildman–Crippen LogP) is 2.19. The summed E-state index contributed by atoms with van der Waals surface area (Å²) in [5.41, 5.74) is 1.03. The molecule has 0 aliphatic rings. The Kier molecular flexibility index (Phi) is 5.77. The van der Waals surface area contributed by atoms with Gasteiger partial charge in [-0.25, -0.2) is 9.97 Å². The monoisotopic (exact) mass is 363 g/mol. The fourth-order valence-corrected chi connectivity index (χ4v) is 2.47. The van der Waals surface area contributed by atoms with Crippen LogP contribution < -0.4 is 4.90 Å². The van der Waals surface area contributed by atoms with Gasteiger partial charge in [0.1, 0.15) is 12.1 Å². The maximum Gasteiger partial charge on any atom is 0.305 e. The number of aliphatic carboxylic acids is 1. The van der Waals surface area contributed by atoms with Crippen LogP contribution in [0, 0.1) is 9.49 Å². The number of hydrogen-bond donors (Lipinski definition) is 1. The molecule has 100 valence electrons. The van der Waals surface area contributed by atoms with Crippen LogP contribution in [0.5, 0.6) is 0 Å². The van der Waals surface area contributed by atoms with Crippen molar-refractivity contribution in [1.82, 2.24) is 9.97 Å². The second-order valence-corrected chi connectivity index (χ2v) is 5.70. The summed E-state index contributed by atoms with van der Waals surface area (Å²) in [6.45, 7) is 4.74. The summed E-state index contributed by atoms with van der Waals surface area (Å²) in [5, 5.41) is 8.69. The highest BCUT2D eigenvalue weighted by Crippen LogP contribution is 2.22. The molecule has 6 heteroatoms. The lowest BCUT2D eigenvalue weighted by atomic mass is 10.1. The molecule has 0 spiro atoms. The highest BCUT2D eigenvalue weighted by atomic mass is 127. The number of carboxylic acid groups (broad SMARTS) is 1. The van der Waals surface area contributed by atoms with Crippen LogP contribution in [0.1, 0.15) is 26.0 Å². The number of nitrogens with zero attached hydrogens (tertiary/aromatic N) is 3. The van der Waals surface area contributed by atoms with Crippen molar-refractivity contribution < 1.29 is 9.90 Å². The molecular formula is C12H18IN3O2. The molecule has 0 aliphatic heterocycles. The fourth-order valence-electron chi connectivity index (χ4n) is 1.56. The Labute approximate surface area is 121 Å². The zero-order valence-electron chi connectivity index (χ0n) is 10.9. The smallest absolute Gasteiger partial charge is 0.305 e. The second-order valence-electron chi connectivity index (χ2n) is 4.62. The molecule has 0 aromatic carbocycles. The van der Waals surface area contributed by atoms with Crippen molar-refractivity contribution in [2.75, 3.05) is 18.5 Å². The Morgan fingerprint density at radius 3 is 2.72 bits per heavy atom. The number of aromatic nitrogens is 2. The molecule has 1 aromatic heterocycles. The van der Waals surface area contributed by atoms with E-state index in [1.54, 1.807) is 6.33 Å². The van der Waals surface area contributed by atoms with Gasteiger partial charge < -0.3 is 10.0 Å². The van der Waals surface area contributed by atoms with E-state index in [9.17, 15) is 4.79 Å². The summed E-state index contributed by atoms with van der Waals surface area (Å²) in [4.78, 5) is 21.0. The minimum atomic E-state index is -0.798. The first-order valence-electron chi connectivity index (χ1n) is 5.84. The van der Waals surface area contributed by atoms with Crippen LogP contribution in [0.3, 0.4) is 0 Å². The average Bonchev–Trinajstić information content (AvgIpc) is 2.28. The van der Waals surface area contributed by atoms with E-state index in [4.69, 9.17) is 5.11 Å². The second kappa shape index (κ2) is 6.86. The van der Waals surface area contributed by atoms with E-state index in [0.29, 0.717) is 12.5 Å². The molecule has 1 aromatic rings. The first-order chi connectivity index (χ1) is 8.41. The van der Waals surface area contributed by atoms with Gasteiger partial charge in [0.05, 0.1) is 15.7 Å². The number of anilines is 1. The minimum Gasteiger partial charge on any atom is -0.481 e. The number of rotatable bonds is 6. The Morgan fingerprint density at radius 2 is 2.17 bits per heavy atom. The number of halogens is 1. The summed E-state index contributed by atoms with van der Waals surface area (Å²) in [6, 6.07) is 0. The van der Waals surface area contributed by atoms with E-state index in [1.807, 2.05) is 11.9 Å². The van der Waals surface area contributed by atoms with Gasteiger partial charge in [0.25, 0.3) is 0 Å². The van der Waals surface area contributed by atoms with Crippen molar-refractivity contribution in [1.29, 1.82) is 0 Å². The van der Waals surface area contributed by atoms with Gasteiger partial charge in [0, 0.05) is 13.6 Å². The van der Waals surface area contributed by atoms with Gasteiger partial charge in [0.15, 0.2) is 0 Å². The fraction of sp³-hybridized carbons (Fsp3) is 0.583. The highest BCUT2D eigenvalue weighted by Gasteiger charge is 2.14. The van der Waals surface area contributed by atoms with Gasteiger partial charge >= 0.3 is 5.97 Å². The average molecular weight is 363 g/mol. The number of carbonyl (C=O) groups is 1. The zero-order chi connectivity index (χ0) is 13.7. The molecule has 0 saturated heterocycles. The molecule has 0 amide bonds. The topological polar surface area (TPSA) is 66.3 Å². The first-order valence-corrected chi connectivity index (χ1v) is 6.92. The van der Waals surface area contributed by atoms with E-state index < -0.39 is 5.97 Å². The lowest BCUT2D eigenvalue weighted by Crippen LogP contribution is -2.23. The Balaban J connectivity index is 2.85. The third kappa shape index (κ3) is 4.40. The molecule has 0 atom stereocenters. The summed E-state index contributed by atoms with van der Waals surface area (Å²) in [7, 11) is 1.85. The van der Waals surface area contributed by atoms with E-state index in [0.717, 1.165) is 21.5 Å². The molecular weight excluding hydrogens is 345 g/mol. The summed E-state index contributed by atoms with van der Waals surface area (Å²) < 4.78 is 1.01. The van der Waals surface area contributed by atoms with Crippen LogP contribution in [0.25, 0.3) is 0 Å². The van der Waals surface area contributed by atoms with Crippen LogP contribution in [0.15, 0.2) is 6.33 Å². The van der Waals surface area contributed by atoms with Gasteiger partial charge in [-0.15, -0.1) is 0 Å². The van der Waals surface area contributed by atoms with Crippen LogP contribution in [0.2, 0.25) is 0 Å². The summed E-state index contributed by atoms with van der Waals surface area (Å²) in [5.74, 6) is 0.543. The predicted molar refractivity (Wildman–Crippen MR) is 78.8 cm³/mol. The number of hydrogen-bond acceptors (Lipinski definition) is 4. The van der Waals surface area contributed by atoms with Crippen LogP contribution >= 0.6 is 22.6 Å². The molecule has 1 N–H and O–H groups in total. The molecule has 0 unspecified atom stereocenters. The van der Waals surface area contributed by atoms with E-state index in [2.05, 4.69) is 46.4 Å². The molecule has 18 heavy (non-hydrogen) atoms. The van der Waals surface area contributed by atoms with E-state index >= 15 is 0 Å². The molecule has 0 saturated carbocycles. The standard InChI is InChI=1S/C12H18IN3O2/c1-8(2)6-9-11(13)12(15-7-14-9)16(3)5-4-10(17)18/h7-8H,4-6H2,1-3H3,(H,17,18). The van der Waals surface area contributed by atoms with Gasteiger partial charge in [-0.3, -0.25) is 4.79 Å². The molecule has 0 bridgehead atoms. The summed E-state index contributed by atoms with van der Waals surface area (Å²) >= 11 is 2.23. The van der Waals surface area contributed by atoms with Crippen molar-refractivity contribution in [3.8, 4) is 0 Å². The van der Waals surface area contributed by atoms with Crippen molar-refractivity contribution in [3.63, 3.8) is 0 Å². The Hall–Kier alpha value is -0.920. The number of carboxylic acids is 1. The van der Waals surface area contributed by atoms with E-state index in [1.165, 1.54) is 0 Å². The Bertz CT molecular complexity index is 424. The van der Waals surface area contributed by atoms with Crippen molar-refractivity contribution >= 4 is 34.4 Å². The first kappa shape index (κ1) is 15.1. The van der Waals surface area contributed by atoms with E-state index in [-0.39, 0.29) is 6.42 Å². The maximum atomic E-state index is 10.6. The van der Waals surface area contributed by atoms with Crippen LogP contribution in [-0.4, -0.2) is 34.6 Å². The molecule has 0 radical (unpaired) electrons. The quantitative estimate of drug-likeness (QED) is 0.785. The van der Waals surface area contributed by atoms with Gasteiger partial charge in [-0.1, -0.05) is 13.8 Å². The SMILES string of the molecule is CC(C)Cc1ncnc(N(C)CCC(=O)O)c1I. The normalized spacial score (nSPS) is 10.7. The van der Waals surface area contributed by atoms with Crippen LogP contribution in [-0.2, 0) is 11.2 Å². The highest BCUT2D eigenvalue weighted by molar-refractivity contribution is 14.1. The van der Waals surface area contributed by atoms with Gasteiger partial charge in [-0.2, -0.15) is 0 Å². The van der Waals surface area contributed by atoms with Crippen LogP contribution in [0.4, 0.5) is 5.82 Å².